The van der Waals surface area contributed by atoms with Gasteiger partial charge in [-0.3, -0.25) is 9.59 Å². The zero-order valence-electron chi connectivity index (χ0n) is 13.5. The van der Waals surface area contributed by atoms with Crippen molar-refractivity contribution < 1.29 is 19.1 Å². The first-order chi connectivity index (χ1) is 10.8. The average molecular weight is 321 g/mol. The molecule has 0 aliphatic rings. The van der Waals surface area contributed by atoms with Crippen LogP contribution in [0.5, 0.6) is 0 Å². The summed E-state index contributed by atoms with van der Waals surface area (Å²) in [4.78, 5) is 34.9. The second kappa shape index (κ2) is 8.77. The van der Waals surface area contributed by atoms with E-state index >= 15 is 0 Å². The highest BCUT2D eigenvalue weighted by molar-refractivity contribution is 5.90. The number of ether oxygens (including phenoxy) is 1. The molecule has 2 atom stereocenters. The highest BCUT2D eigenvalue weighted by Crippen LogP contribution is 2.02. The van der Waals surface area contributed by atoms with Crippen LogP contribution in [0.1, 0.15) is 26.3 Å². The van der Waals surface area contributed by atoms with E-state index in [9.17, 15) is 14.4 Å². The fourth-order valence-corrected chi connectivity index (χ4v) is 1.85. The second-order valence-electron chi connectivity index (χ2n) is 5.56. The van der Waals surface area contributed by atoms with E-state index in [-0.39, 0.29) is 12.5 Å². The third-order valence-electron chi connectivity index (χ3n) is 3.21. The Kier molecular flexibility index (Phi) is 7.05. The van der Waals surface area contributed by atoms with Crippen LogP contribution in [0.3, 0.4) is 0 Å². The first-order valence-electron chi connectivity index (χ1n) is 7.38. The summed E-state index contributed by atoms with van der Waals surface area (Å²) in [6.45, 7) is 5.14. The van der Waals surface area contributed by atoms with Gasteiger partial charge in [-0.05, 0) is 18.4 Å². The number of carbonyl (C=O) groups is 3. The van der Waals surface area contributed by atoms with Gasteiger partial charge in [0.05, 0.1) is 0 Å². The van der Waals surface area contributed by atoms with Crippen LogP contribution < -0.4 is 16.4 Å². The molecule has 1 aromatic carbocycles. The van der Waals surface area contributed by atoms with Gasteiger partial charge in [0, 0.05) is 0 Å². The van der Waals surface area contributed by atoms with Gasteiger partial charge >= 0.3 is 6.09 Å². The molecule has 0 aromatic heterocycles. The van der Waals surface area contributed by atoms with E-state index < -0.39 is 30.0 Å². The quantitative estimate of drug-likeness (QED) is 0.693. The Morgan fingerprint density at radius 3 is 2.22 bits per heavy atom. The Balaban J connectivity index is 2.44. The van der Waals surface area contributed by atoms with Crippen LogP contribution in [0.25, 0.3) is 0 Å². The number of hydrogen-bond donors (Lipinski definition) is 3. The van der Waals surface area contributed by atoms with Crippen LogP contribution in [0, 0.1) is 5.92 Å². The summed E-state index contributed by atoms with van der Waals surface area (Å²) in [5, 5.41) is 4.92. The Bertz CT molecular complexity index is 546. The first kappa shape index (κ1) is 18.5. The lowest BCUT2D eigenvalue weighted by atomic mass is 10.0. The van der Waals surface area contributed by atoms with Crippen molar-refractivity contribution in [3.63, 3.8) is 0 Å². The molecule has 0 saturated carbocycles. The zero-order valence-corrected chi connectivity index (χ0v) is 13.5. The van der Waals surface area contributed by atoms with Crippen LogP contribution >= 0.6 is 0 Å². The summed E-state index contributed by atoms with van der Waals surface area (Å²) in [5.74, 6) is -1.26. The van der Waals surface area contributed by atoms with Crippen molar-refractivity contribution in [3.05, 3.63) is 35.9 Å². The van der Waals surface area contributed by atoms with Gasteiger partial charge in [0.15, 0.2) is 0 Å². The van der Waals surface area contributed by atoms with Crippen LogP contribution in [0.15, 0.2) is 30.3 Å². The second-order valence-corrected chi connectivity index (χ2v) is 5.56. The third kappa shape index (κ3) is 6.37. The van der Waals surface area contributed by atoms with Crippen molar-refractivity contribution in [1.82, 2.24) is 10.6 Å². The van der Waals surface area contributed by atoms with Crippen LogP contribution in [-0.4, -0.2) is 30.0 Å². The predicted octanol–water partition coefficient (Wildman–Crippen LogP) is 0.927. The molecular formula is C16H23N3O4. The number of rotatable bonds is 7. The van der Waals surface area contributed by atoms with Crippen LogP contribution in [0.4, 0.5) is 4.79 Å². The van der Waals surface area contributed by atoms with Crippen molar-refractivity contribution in [2.75, 3.05) is 0 Å². The van der Waals surface area contributed by atoms with Crippen molar-refractivity contribution in [3.8, 4) is 0 Å². The molecule has 3 amide bonds. The van der Waals surface area contributed by atoms with Gasteiger partial charge in [-0.25, -0.2) is 4.79 Å². The lowest BCUT2D eigenvalue weighted by Gasteiger charge is -2.21. The number of alkyl carbamates (subject to hydrolysis) is 1. The van der Waals surface area contributed by atoms with Gasteiger partial charge in [-0.2, -0.15) is 0 Å². The standard InChI is InChI=1S/C16H23N3O4/c1-10(2)13(14(17)20)19-15(21)11(3)18-16(22)23-9-12-7-5-4-6-8-12/h4-8,10-11,13H,9H2,1-3H3,(H2,17,20)(H,18,22)(H,19,21). The molecule has 0 aliphatic heterocycles. The van der Waals surface area contributed by atoms with Gasteiger partial charge in [0.25, 0.3) is 0 Å². The normalized spacial score (nSPS) is 13.0. The largest absolute Gasteiger partial charge is 0.445 e. The number of carbonyl (C=O) groups excluding carboxylic acids is 3. The Morgan fingerprint density at radius 1 is 1.09 bits per heavy atom. The van der Waals surface area contributed by atoms with Crippen molar-refractivity contribution in [1.29, 1.82) is 0 Å². The molecule has 4 N–H and O–H groups in total. The summed E-state index contributed by atoms with van der Waals surface area (Å²) in [7, 11) is 0. The summed E-state index contributed by atoms with van der Waals surface area (Å²) < 4.78 is 5.03. The number of primary amides is 1. The van der Waals surface area contributed by atoms with Crippen molar-refractivity contribution >= 4 is 17.9 Å². The van der Waals surface area contributed by atoms with Crippen molar-refractivity contribution in [2.45, 2.75) is 39.5 Å². The monoisotopic (exact) mass is 321 g/mol. The van der Waals surface area contributed by atoms with E-state index in [1.54, 1.807) is 13.8 Å². The SMILES string of the molecule is CC(NC(=O)OCc1ccccc1)C(=O)NC(C(N)=O)C(C)C. The molecule has 0 spiro atoms. The molecule has 0 heterocycles. The van der Waals surface area contributed by atoms with Crippen molar-refractivity contribution in [2.24, 2.45) is 11.7 Å². The molecule has 126 valence electrons. The summed E-state index contributed by atoms with van der Waals surface area (Å²) in [6, 6.07) is 7.55. The zero-order chi connectivity index (χ0) is 17.4. The Hall–Kier alpha value is -2.57. The summed E-state index contributed by atoms with van der Waals surface area (Å²) >= 11 is 0. The molecular weight excluding hydrogens is 298 g/mol. The molecule has 1 aromatic rings. The van der Waals surface area contributed by atoms with Gasteiger partial charge in [-0.15, -0.1) is 0 Å². The third-order valence-corrected chi connectivity index (χ3v) is 3.21. The summed E-state index contributed by atoms with van der Waals surface area (Å²) in [5.41, 5.74) is 6.07. The minimum Gasteiger partial charge on any atom is -0.445 e. The highest BCUT2D eigenvalue weighted by atomic mass is 16.5. The number of amides is 3. The van der Waals surface area contributed by atoms with Gasteiger partial charge < -0.3 is 21.1 Å². The van der Waals surface area contributed by atoms with E-state index in [1.165, 1.54) is 6.92 Å². The van der Waals surface area contributed by atoms with E-state index in [4.69, 9.17) is 10.5 Å². The van der Waals surface area contributed by atoms with E-state index in [0.717, 1.165) is 5.56 Å². The van der Waals surface area contributed by atoms with E-state index in [0.29, 0.717) is 0 Å². The molecule has 0 radical (unpaired) electrons. The highest BCUT2D eigenvalue weighted by Gasteiger charge is 2.25. The van der Waals surface area contributed by atoms with Gasteiger partial charge in [0.1, 0.15) is 18.7 Å². The molecule has 7 nitrogen and oxygen atoms in total. The number of nitrogens with two attached hydrogens (primary N) is 1. The van der Waals surface area contributed by atoms with Gasteiger partial charge in [-0.1, -0.05) is 44.2 Å². The fourth-order valence-electron chi connectivity index (χ4n) is 1.85. The smallest absolute Gasteiger partial charge is 0.408 e. The minimum atomic E-state index is -0.848. The number of benzene rings is 1. The lowest BCUT2D eigenvalue weighted by Crippen LogP contribution is -2.53. The minimum absolute atomic E-state index is 0.108. The lowest BCUT2D eigenvalue weighted by molar-refractivity contribution is -0.129. The maximum Gasteiger partial charge on any atom is 0.408 e. The molecule has 0 aliphatic carbocycles. The van der Waals surface area contributed by atoms with E-state index in [1.807, 2.05) is 30.3 Å². The molecule has 0 bridgehead atoms. The van der Waals surface area contributed by atoms with Gasteiger partial charge in [0.2, 0.25) is 11.8 Å². The number of hydrogen-bond acceptors (Lipinski definition) is 4. The topological polar surface area (TPSA) is 111 Å². The molecule has 23 heavy (non-hydrogen) atoms. The van der Waals surface area contributed by atoms with Crippen LogP contribution in [-0.2, 0) is 20.9 Å². The molecule has 2 unspecified atom stereocenters. The molecule has 1 rings (SSSR count). The summed E-state index contributed by atoms with van der Waals surface area (Å²) in [6.07, 6.45) is -0.711. The molecule has 0 fully saturated rings. The Morgan fingerprint density at radius 2 is 1.70 bits per heavy atom. The maximum absolute atomic E-state index is 12.0. The molecule has 7 heteroatoms. The predicted molar refractivity (Wildman–Crippen MR) is 85.2 cm³/mol. The first-order valence-corrected chi connectivity index (χ1v) is 7.38. The van der Waals surface area contributed by atoms with Crippen LogP contribution in [0.2, 0.25) is 0 Å². The van der Waals surface area contributed by atoms with E-state index in [2.05, 4.69) is 10.6 Å². The number of nitrogens with one attached hydrogen (secondary N) is 2. The fraction of sp³-hybridized carbons (Fsp3) is 0.438. The molecule has 0 saturated heterocycles. The maximum atomic E-state index is 12.0. The Labute approximate surface area is 135 Å². The average Bonchev–Trinajstić information content (AvgIpc) is 2.50.